The number of alkyl halides is 1. The molecule has 0 bridgehead atoms. The van der Waals surface area contributed by atoms with E-state index in [1.54, 1.807) is 0 Å². The molecule has 0 aromatic carbocycles. The smallest absolute Gasteiger partial charge is 0.207 e. The van der Waals surface area contributed by atoms with Crippen LogP contribution in [0.2, 0.25) is 12.1 Å². The van der Waals surface area contributed by atoms with Crippen LogP contribution in [-0.2, 0) is 4.43 Å². The number of rotatable bonds is 8. The van der Waals surface area contributed by atoms with Crippen LogP contribution in [0, 0.1) is 0 Å². The van der Waals surface area contributed by atoms with Crippen LogP contribution < -0.4 is 0 Å². The van der Waals surface area contributed by atoms with Gasteiger partial charge >= 0.3 is 0 Å². The van der Waals surface area contributed by atoms with E-state index in [9.17, 15) is 0 Å². The lowest BCUT2D eigenvalue weighted by Crippen LogP contribution is -2.41. The number of hydrogen-bond acceptors (Lipinski definition) is 1. The van der Waals surface area contributed by atoms with Gasteiger partial charge in [0.15, 0.2) is 0 Å². The zero-order chi connectivity index (χ0) is 10.2. The highest BCUT2D eigenvalue weighted by molar-refractivity contribution is 6.79. The molecule has 0 aliphatic carbocycles. The van der Waals surface area contributed by atoms with E-state index in [4.69, 9.17) is 16.0 Å². The monoisotopic (exact) mass is 222 g/mol. The molecule has 13 heavy (non-hydrogen) atoms. The van der Waals surface area contributed by atoms with Crippen LogP contribution >= 0.6 is 11.6 Å². The molecule has 0 amide bonds. The average Bonchev–Trinajstić information content (AvgIpc) is 2.15. The summed E-state index contributed by atoms with van der Waals surface area (Å²) in [6, 6.07) is 2.45. The lowest BCUT2D eigenvalue weighted by Gasteiger charge is -2.28. The van der Waals surface area contributed by atoms with Crippen LogP contribution in [-0.4, -0.2) is 20.4 Å². The van der Waals surface area contributed by atoms with Crippen molar-refractivity contribution in [1.82, 2.24) is 0 Å². The molecule has 0 aromatic rings. The summed E-state index contributed by atoms with van der Waals surface area (Å²) in [4.78, 5) is 0. The lowest BCUT2D eigenvalue weighted by atomic mass is 10.5. The van der Waals surface area contributed by atoms with Crippen LogP contribution in [0.25, 0.3) is 0 Å². The summed E-state index contributed by atoms with van der Waals surface area (Å²) in [7, 11) is -1.53. The summed E-state index contributed by atoms with van der Waals surface area (Å²) in [6.45, 7) is 7.50. The van der Waals surface area contributed by atoms with E-state index in [-0.39, 0.29) is 0 Å². The fourth-order valence-corrected chi connectivity index (χ4v) is 6.05. The van der Waals surface area contributed by atoms with Gasteiger partial charge in [0.2, 0.25) is 8.32 Å². The van der Waals surface area contributed by atoms with Crippen molar-refractivity contribution >= 4 is 19.9 Å². The molecule has 0 rings (SSSR count). The fourth-order valence-electron chi connectivity index (χ4n) is 1.67. The molecule has 3 heteroatoms. The first-order valence-corrected chi connectivity index (χ1v) is 8.51. The Hall–Kier alpha value is 0.467. The lowest BCUT2D eigenvalue weighted by molar-refractivity contribution is 0.299. The number of halogens is 1. The van der Waals surface area contributed by atoms with E-state index < -0.39 is 8.32 Å². The molecule has 0 spiro atoms. The minimum atomic E-state index is -1.53. The summed E-state index contributed by atoms with van der Waals surface area (Å²) < 4.78 is 6.02. The maximum absolute atomic E-state index is 6.05. The van der Waals surface area contributed by atoms with Gasteiger partial charge in [-0.25, -0.2) is 0 Å². The van der Waals surface area contributed by atoms with Crippen molar-refractivity contribution in [3.8, 4) is 0 Å². The van der Waals surface area contributed by atoms with Gasteiger partial charge in [0.25, 0.3) is 0 Å². The molecule has 0 aliphatic heterocycles. The Kier molecular flexibility index (Phi) is 8.11. The Morgan fingerprint density at radius 1 is 1.00 bits per heavy atom. The topological polar surface area (TPSA) is 9.23 Å². The maximum atomic E-state index is 6.05. The molecule has 0 fully saturated rings. The molecule has 80 valence electrons. The van der Waals surface area contributed by atoms with Gasteiger partial charge in [0.1, 0.15) is 0 Å². The SMILES string of the molecule is CCCO[Si](CCl)(CCC)CCC. The zero-order valence-corrected chi connectivity index (χ0v) is 11.0. The van der Waals surface area contributed by atoms with Gasteiger partial charge in [0, 0.05) is 12.1 Å². The molecule has 0 N–H and O–H groups in total. The molecular weight excluding hydrogens is 200 g/mol. The molecule has 0 saturated heterocycles. The van der Waals surface area contributed by atoms with E-state index in [2.05, 4.69) is 20.8 Å². The largest absolute Gasteiger partial charge is 0.416 e. The van der Waals surface area contributed by atoms with Gasteiger partial charge in [0.05, 0.1) is 0 Å². The number of hydrogen-bond donors (Lipinski definition) is 0. The highest BCUT2D eigenvalue weighted by Crippen LogP contribution is 2.22. The Balaban J connectivity index is 4.07. The van der Waals surface area contributed by atoms with E-state index in [1.807, 2.05) is 0 Å². The normalized spacial score (nSPS) is 12.0. The van der Waals surface area contributed by atoms with Crippen molar-refractivity contribution in [1.29, 1.82) is 0 Å². The zero-order valence-electron chi connectivity index (χ0n) is 9.24. The van der Waals surface area contributed by atoms with Crippen LogP contribution in [0.15, 0.2) is 0 Å². The maximum Gasteiger partial charge on any atom is 0.207 e. The van der Waals surface area contributed by atoms with Crippen molar-refractivity contribution < 1.29 is 4.43 Å². The fraction of sp³-hybridized carbons (Fsp3) is 1.00. The second-order valence-corrected chi connectivity index (χ2v) is 8.39. The molecule has 0 unspecified atom stereocenters. The highest BCUT2D eigenvalue weighted by Gasteiger charge is 2.31. The van der Waals surface area contributed by atoms with Crippen LogP contribution in [0.4, 0.5) is 0 Å². The molecule has 0 aromatic heterocycles. The van der Waals surface area contributed by atoms with Crippen LogP contribution in [0.3, 0.4) is 0 Å². The first-order chi connectivity index (χ1) is 6.24. The van der Waals surface area contributed by atoms with Crippen molar-refractivity contribution in [2.45, 2.75) is 52.1 Å². The van der Waals surface area contributed by atoms with E-state index in [1.165, 1.54) is 24.9 Å². The molecule has 0 atom stereocenters. The first-order valence-electron chi connectivity index (χ1n) is 5.44. The second-order valence-electron chi connectivity index (χ2n) is 3.67. The third-order valence-corrected chi connectivity index (χ3v) is 7.85. The van der Waals surface area contributed by atoms with Crippen LogP contribution in [0.1, 0.15) is 40.0 Å². The van der Waals surface area contributed by atoms with Gasteiger partial charge in [-0.15, -0.1) is 11.6 Å². The quantitative estimate of drug-likeness (QED) is 0.446. The van der Waals surface area contributed by atoms with Crippen molar-refractivity contribution in [3.05, 3.63) is 0 Å². The summed E-state index contributed by atoms with van der Waals surface area (Å²) in [5, 5.41) is 0. The Morgan fingerprint density at radius 2 is 1.54 bits per heavy atom. The standard InChI is InChI=1S/C10H23ClOSi/c1-4-7-12-13(10-11,8-5-2)9-6-3/h4-10H2,1-3H3. The summed E-state index contributed by atoms with van der Waals surface area (Å²) in [5.74, 6) is 0. The van der Waals surface area contributed by atoms with Gasteiger partial charge in [-0.3, -0.25) is 0 Å². The third-order valence-electron chi connectivity index (χ3n) is 2.27. The molecule has 0 aliphatic rings. The molecule has 0 heterocycles. The van der Waals surface area contributed by atoms with E-state index >= 15 is 0 Å². The van der Waals surface area contributed by atoms with E-state index in [0.717, 1.165) is 18.5 Å². The molecular formula is C10H23ClOSi. The predicted molar refractivity (Wildman–Crippen MR) is 62.9 cm³/mol. The van der Waals surface area contributed by atoms with Gasteiger partial charge < -0.3 is 4.43 Å². The Morgan fingerprint density at radius 3 is 1.85 bits per heavy atom. The summed E-state index contributed by atoms with van der Waals surface area (Å²) >= 11 is 6.05. The molecule has 0 radical (unpaired) electrons. The minimum Gasteiger partial charge on any atom is -0.416 e. The Labute approximate surface area is 88.9 Å². The predicted octanol–water partition coefficient (Wildman–Crippen LogP) is 3.96. The summed E-state index contributed by atoms with van der Waals surface area (Å²) in [5.41, 5.74) is 0.773. The Bertz CT molecular complexity index is 113. The van der Waals surface area contributed by atoms with Gasteiger partial charge in [-0.05, 0) is 18.5 Å². The van der Waals surface area contributed by atoms with Crippen LogP contribution in [0.5, 0.6) is 0 Å². The third kappa shape index (κ3) is 5.04. The molecule has 1 nitrogen and oxygen atoms in total. The van der Waals surface area contributed by atoms with Gasteiger partial charge in [-0.2, -0.15) is 0 Å². The van der Waals surface area contributed by atoms with Crippen molar-refractivity contribution in [2.75, 3.05) is 12.1 Å². The van der Waals surface area contributed by atoms with Crippen molar-refractivity contribution in [2.24, 2.45) is 0 Å². The molecule has 0 saturated carbocycles. The highest BCUT2D eigenvalue weighted by atomic mass is 35.5. The first kappa shape index (κ1) is 13.5. The second kappa shape index (κ2) is 7.83. The minimum absolute atomic E-state index is 0.773. The average molecular weight is 223 g/mol. The van der Waals surface area contributed by atoms with Gasteiger partial charge in [-0.1, -0.05) is 33.6 Å². The summed E-state index contributed by atoms with van der Waals surface area (Å²) in [6.07, 6.45) is 3.53. The van der Waals surface area contributed by atoms with E-state index in [0.29, 0.717) is 0 Å². The van der Waals surface area contributed by atoms with Crippen molar-refractivity contribution in [3.63, 3.8) is 0 Å².